The van der Waals surface area contributed by atoms with Crippen molar-refractivity contribution in [3.8, 4) is 22.8 Å². The van der Waals surface area contributed by atoms with E-state index in [2.05, 4.69) is 14.8 Å². The first kappa shape index (κ1) is 20.8. The first-order valence-corrected chi connectivity index (χ1v) is 9.38. The number of fused-ring (bicyclic) bond motifs is 1. The Morgan fingerprint density at radius 1 is 1.13 bits per heavy atom. The summed E-state index contributed by atoms with van der Waals surface area (Å²) in [6.45, 7) is 0.301. The average molecular weight is 450 g/mol. The Morgan fingerprint density at radius 3 is 2.52 bits per heavy atom. The lowest BCUT2D eigenvalue weighted by molar-refractivity contribution is -0.274. The van der Waals surface area contributed by atoms with Crippen LogP contribution in [0.4, 0.5) is 13.2 Å². The molecule has 2 heterocycles. The zero-order valence-electron chi connectivity index (χ0n) is 16.0. The molecule has 0 unspecified atom stereocenters. The first-order valence-electron chi connectivity index (χ1n) is 9.00. The van der Waals surface area contributed by atoms with Crippen molar-refractivity contribution >= 4 is 22.5 Å². The second-order valence-electron chi connectivity index (χ2n) is 6.67. The van der Waals surface area contributed by atoms with Gasteiger partial charge < -0.3 is 14.5 Å². The lowest BCUT2D eigenvalue weighted by Gasteiger charge is -2.09. The van der Waals surface area contributed by atoms with Crippen LogP contribution < -0.4 is 14.9 Å². The number of halogens is 4. The van der Waals surface area contributed by atoms with Gasteiger partial charge in [-0.25, -0.2) is 0 Å². The molecule has 0 saturated heterocycles. The van der Waals surface area contributed by atoms with Gasteiger partial charge >= 0.3 is 6.36 Å². The van der Waals surface area contributed by atoms with Crippen molar-refractivity contribution < 1.29 is 22.6 Å². The number of ether oxygens (including phenoxy) is 2. The summed E-state index contributed by atoms with van der Waals surface area (Å²) in [4.78, 5) is 15.8. The number of nitrogens with one attached hydrogen (secondary N) is 1. The van der Waals surface area contributed by atoms with Crippen LogP contribution in [0.5, 0.6) is 11.5 Å². The number of alkyl halides is 3. The van der Waals surface area contributed by atoms with Gasteiger partial charge in [-0.1, -0.05) is 23.7 Å². The minimum atomic E-state index is -4.74. The predicted octanol–water partition coefficient (Wildman–Crippen LogP) is 5.00. The number of methoxy groups -OCH3 is 1. The van der Waals surface area contributed by atoms with Crippen molar-refractivity contribution in [2.75, 3.05) is 7.11 Å². The van der Waals surface area contributed by atoms with E-state index < -0.39 is 6.36 Å². The van der Waals surface area contributed by atoms with Gasteiger partial charge in [0, 0.05) is 23.2 Å². The molecule has 0 saturated carbocycles. The minimum absolute atomic E-state index is 0.0332. The fraction of sp³-hybridized carbons (Fsp3) is 0.143. The van der Waals surface area contributed by atoms with Gasteiger partial charge in [0.2, 0.25) is 5.43 Å². The van der Waals surface area contributed by atoms with Crippen LogP contribution in [-0.4, -0.2) is 28.2 Å². The summed E-state index contributed by atoms with van der Waals surface area (Å²) in [7, 11) is 1.53. The van der Waals surface area contributed by atoms with E-state index in [1.54, 1.807) is 35.3 Å². The van der Waals surface area contributed by atoms with E-state index in [1.807, 2.05) is 0 Å². The molecule has 1 N–H and O–H groups in total. The van der Waals surface area contributed by atoms with Crippen molar-refractivity contribution in [2.45, 2.75) is 12.9 Å². The van der Waals surface area contributed by atoms with Crippen LogP contribution in [0.2, 0.25) is 5.02 Å². The predicted molar refractivity (Wildman–Crippen MR) is 110 cm³/mol. The lowest BCUT2D eigenvalue weighted by Crippen LogP contribution is -2.17. The van der Waals surface area contributed by atoms with E-state index in [-0.39, 0.29) is 16.2 Å². The molecule has 0 aliphatic heterocycles. The molecule has 0 bridgehead atoms. The Kier molecular flexibility index (Phi) is 5.36. The highest BCUT2D eigenvalue weighted by atomic mass is 35.5. The number of hydrogen-bond donors (Lipinski definition) is 1. The maximum atomic E-state index is 12.6. The highest BCUT2D eigenvalue weighted by Gasteiger charge is 2.30. The zero-order chi connectivity index (χ0) is 22.2. The van der Waals surface area contributed by atoms with E-state index in [0.717, 1.165) is 0 Å². The first-order chi connectivity index (χ1) is 14.7. The van der Waals surface area contributed by atoms with E-state index in [9.17, 15) is 18.0 Å². The molecule has 4 aromatic rings. The molecular weight excluding hydrogens is 435 g/mol. The molecule has 0 atom stereocenters. The second kappa shape index (κ2) is 7.99. The number of pyridine rings is 1. The molecule has 2 aromatic heterocycles. The quantitative estimate of drug-likeness (QED) is 0.465. The Hall–Kier alpha value is -3.46. The van der Waals surface area contributed by atoms with Crippen LogP contribution in [0.3, 0.4) is 0 Å². The summed E-state index contributed by atoms with van der Waals surface area (Å²) >= 11 is 6.30. The summed E-state index contributed by atoms with van der Waals surface area (Å²) < 4.78 is 47.5. The molecule has 2 aromatic carbocycles. The topological polar surface area (TPSA) is 69.1 Å². The fourth-order valence-electron chi connectivity index (χ4n) is 3.13. The van der Waals surface area contributed by atoms with E-state index in [0.29, 0.717) is 40.0 Å². The molecule has 0 radical (unpaired) electrons. The normalized spacial score (nSPS) is 11.6. The molecule has 0 aliphatic rings. The number of aromatic nitrogens is 3. The maximum Gasteiger partial charge on any atom is 0.573 e. The van der Waals surface area contributed by atoms with Gasteiger partial charge in [-0.15, -0.1) is 13.2 Å². The lowest BCUT2D eigenvalue weighted by atomic mass is 10.1. The van der Waals surface area contributed by atoms with Crippen LogP contribution >= 0.6 is 11.6 Å². The van der Waals surface area contributed by atoms with Crippen LogP contribution in [0.25, 0.3) is 22.2 Å². The van der Waals surface area contributed by atoms with Crippen molar-refractivity contribution in [3.05, 3.63) is 75.7 Å². The molecule has 6 nitrogen and oxygen atoms in total. The van der Waals surface area contributed by atoms with Crippen molar-refractivity contribution in [3.63, 3.8) is 0 Å². The smallest absolute Gasteiger partial charge is 0.497 e. The number of rotatable bonds is 5. The van der Waals surface area contributed by atoms with E-state index in [1.165, 1.54) is 31.4 Å². The standard InChI is InChI=1S/C21H15ClF3N3O3/c1-30-15-6-7-16-17(8-15)27-19(18(22)20(16)29)13-9-26-28(11-13)10-12-2-4-14(5-3-12)31-21(23,24)25/h2-9,11H,10H2,1H3,(H,27,29). The van der Waals surface area contributed by atoms with Crippen LogP contribution in [0.15, 0.2) is 59.7 Å². The molecule has 0 aliphatic carbocycles. The van der Waals surface area contributed by atoms with E-state index in [4.69, 9.17) is 16.3 Å². The molecule has 160 valence electrons. The third-order valence-corrected chi connectivity index (χ3v) is 4.93. The highest BCUT2D eigenvalue weighted by Crippen LogP contribution is 2.28. The zero-order valence-corrected chi connectivity index (χ0v) is 16.8. The number of aromatic amines is 1. The Bertz CT molecular complexity index is 1300. The largest absolute Gasteiger partial charge is 0.573 e. The SMILES string of the molecule is COc1ccc2c(=O)c(Cl)c(-c3cnn(Cc4ccc(OC(F)(F)F)cc4)c3)[nH]c2c1. The van der Waals surface area contributed by atoms with Crippen LogP contribution in [0.1, 0.15) is 5.56 Å². The van der Waals surface area contributed by atoms with Crippen LogP contribution in [0, 0.1) is 0 Å². The van der Waals surface area contributed by atoms with Gasteiger partial charge in [-0.3, -0.25) is 9.48 Å². The summed E-state index contributed by atoms with van der Waals surface area (Å²) in [6.07, 6.45) is -1.51. The fourth-order valence-corrected chi connectivity index (χ4v) is 3.39. The third kappa shape index (κ3) is 4.51. The summed E-state index contributed by atoms with van der Waals surface area (Å²) in [5, 5.41) is 4.72. The van der Waals surface area contributed by atoms with Gasteiger partial charge in [0.25, 0.3) is 0 Å². The highest BCUT2D eigenvalue weighted by molar-refractivity contribution is 6.33. The number of hydrogen-bond acceptors (Lipinski definition) is 4. The molecule has 0 amide bonds. The third-order valence-electron chi connectivity index (χ3n) is 4.57. The summed E-state index contributed by atoms with van der Waals surface area (Å²) in [5.41, 5.74) is 1.96. The number of nitrogens with zero attached hydrogens (tertiary/aromatic N) is 2. The molecule has 0 fully saturated rings. The summed E-state index contributed by atoms with van der Waals surface area (Å²) in [6, 6.07) is 10.5. The van der Waals surface area contributed by atoms with Crippen molar-refractivity contribution in [1.82, 2.24) is 14.8 Å². The van der Waals surface area contributed by atoms with Gasteiger partial charge in [0.1, 0.15) is 16.5 Å². The monoisotopic (exact) mass is 449 g/mol. The number of benzene rings is 2. The van der Waals surface area contributed by atoms with Crippen molar-refractivity contribution in [1.29, 1.82) is 0 Å². The van der Waals surface area contributed by atoms with Gasteiger partial charge in [0.15, 0.2) is 0 Å². The van der Waals surface area contributed by atoms with Crippen LogP contribution in [-0.2, 0) is 6.54 Å². The van der Waals surface area contributed by atoms with Gasteiger partial charge in [-0.05, 0) is 29.8 Å². The Balaban J connectivity index is 1.61. The number of H-pyrrole nitrogens is 1. The molecule has 10 heteroatoms. The maximum absolute atomic E-state index is 12.6. The van der Waals surface area contributed by atoms with Gasteiger partial charge in [-0.2, -0.15) is 5.10 Å². The molecule has 4 rings (SSSR count). The van der Waals surface area contributed by atoms with E-state index >= 15 is 0 Å². The minimum Gasteiger partial charge on any atom is -0.497 e. The average Bonchev–Trinajstić information content (AvgIpc) is 3.19. The second-order valence-corrected chi connectivity index (χ2v) is 7.05. The Morgan fingerprint density at radius 2 is 1.84 bits per heavy atom. The molecule has 31 heavy (non-hydrogen) atoms. The molecular formula is C21H15ClF3N3O3. The van der Waals surface area contributed by atoms with Gasteiger partial charge in [0.05, 0.1) is 31.1 Å². The Labute approximate surface area is 178 Å². The summed E-state index contributed by atoms with van der Waals surface area (Å²) in [5.74, 6) is 0.290. The molecule has 0 spiro atoms. The van der Waals surface area contributed by atoms with Crippen molar-refractivity contribution in [2.24, 2.45) is 0 Å².